The summed E-state index contributed by atoms with van der Waals surface area (Å²) < 4.78 is 38.4. The summed E-state index contributed by atoms with van der Waals surface area (Å²) in [5, 5.41) is 2.28. The van der Waals surface area contributed by atoms with E-state index in [2.05, 4.69) is 10.3 Å². The molecule has 0 fully saturated rings. The van der Waals surface area contributed by atoms with E-state index in [0.29, 0.717) is 0 Å². The number of halogens is 3. The number of anilines is 1. The molecular weight excluding hydrogens is 285 g/mol. The van der Waals surface area contributed by atoms with E-state index in [1.807, 2.05) is 0 Å². The van der Waals surface area contributed by atoms with Gasteiger partial charge in [0.1, 0.15) is 5.56 Å². The standard InChI is InChI=1S/C14H11F3N2O2/c1-8-2-3-9(6-11(8)14(15,16)17)19-13(21)10-7-18-5-4-12(10)20/h2-7H,1H3,(H,18,20)(H,19,21). The van der Waals surface area contributed by atoms with Gasteiger partial charge in [-0.3, -0.25) is 9.59 Å². The maximum atomic E-state index is 12.8. The topological polar surface area (TPSA) is 62.0 Å². The fraction of sp³-hybridized carbons (Fsp3) is 0.143. The number of carbonyl (C=O) groups is 1. The Hall–Kier alpha value is -2.57. The quantitative estimate of drug-likeness (QED) is 0.895. The smallest absolute Gasteiger partial charge is 0.367 e. The molecule has 2 N–H and O–H groups in total. The highest BCUT2D eigenvalue weighted by atomic mass is 19.4. The Morgan fingerprint density at radius 3 is 2.57 bits per heavy atom. The summed E-state index contributed by atoms with van der Waals surface area (Å²) in [4.78, 5) is 25.9. The van der Waals surface area contributed by atoms with Gasteiger partial charge < -0.3 is 10.3 Å². The highest BCUT2D eigenvalue weighted by Gasteiger charge is 2.32. The Bertz CT molecular complexity index is 735. The van der Waals surface area contributed by atoms with E-state index in [4.69, 9.17) is 0 Å². The molecule has 0 bridgehead atoms. The number of hydrogen-bond acceptors (Lipinski definition) is 2. The first-order valence-electron chi connectivity index (χ1n) is 5.95. The summed E-state index contributed by atoms with van der Waals surface area (Å²) in [6.45, 7) is 1.33. The molecule has 4 nitrogen and oxygen atoms in total. The van der Waals surface area contributed by atoms with Crippen molar-refractivity contribution in [2.45, 2.75) is 13.1 Å². The van der Waals surface area contributed by atoms with Crippen LogP contribution in [0, 0.1) is 6.92 Å². The van der Waals surface area contributed by atoms with E-state index in [9.17, 15) is 22.8 Å². The molecule has 0 aliphatic heterocycles. The number of carbonyl (C=O) groups excluding carboxylic acids is 1. The van der Waals surface area contributed by atoms with Gasteiger partial charge in [-0.1, -0.05) is 6.07 Å². The number of aromatic nitrogens is 1. The lowest BCUT2D eigenvalue weighted by molar-refractivity contribution is -0.138. The van der Waals surface area contributed by atoms with Crippen LogP contribution in [0.2, 0.25) is 0 Å². The van der Waals surface area contributed by atoms with Crippen LogP contribution in [0.4, 0.5) is 18.9 Å². The second-order valence-corrected chi connectivity index (χ2v) is 4.40. The number of aryl methyl sites for hydroxylation is 1. The first-order valence-corrected chi connectivity index (χ1v) is 5.95. The number of amides is 1. The van der Waals surface area contributed by atoms with Crippen molar-refractivity contribution in [2.75, 3.05) is 5.32 Å². The van der Waals surface area contributed by atoms with Crippen LogP contribution in [0.15, 0.2) is 41.5 Å². The molecule has 7 heteroatoms. The maximum absolute atomic E-state index is 12.8. The molecule has 0 saturated heterocycles. The summed E-state index contributed by atoms with van der Waals surface area (Å²) in [6, 6.07) is 4.60. The SMILES string of the molecule is Cc1ccc(NC(=O)c2c[nH]ccc2=O)cc1C(F)(F)F. The number of nitrogens with one attached hydrogen (secondary N) is 2. The summed E-state index contributed by atoms with van der Waals surface area (Å²) in [6.07, 6.45) is -1.96. The van der Waals surface area contributed by atoms with Crippen LogP contribution in [0.25, 0.3) is 0 Å². The van der Waals surface area contributed by atoms with Crippen molar-refractivity contribution in [2.24, 2.45) is 0 Å². The lowest BCUT2D eigenvalue weighted by Gasteiger charge is -2.12. The molecule has 1 aromatic carbocycles. The molecule has 1 aromatic heterocycles. The van der Waals surface area contributed by atoms with Crippen molar-refractivity contribution in [3.8, 4) is 0 Å². The van der Waals surface area contributed by atoms with E-state index < -0.39 is 23.1 Å². The van der Waals surface area contributed by atoms with Crippen molar-refractivity contribution < 1.29 is 18.0 Å². The average Bonchev–Trinajstić information content (AvgIpc) is 2.40. The molecule has 0 spiro atoms. The number of H-pyrrole nitrogens is 1. The fourth-order valence-corrected chi connectivity index (χ4v) is 1.80. The molecule has 0 radical (unpaired) electrons. The van der Waals surface area contributed by atoms with E-state index in [-0.39, 0.29) is 16.8 Å². The van der Waals surface area contributed by atoms with Gasteiger partial charge in [0.05, 0.1) is 5.56 Å². The third kappa shape index (κ3) is 3.31. The molecule has 1 heterocycles. The lowest BCUT2D eigenvalue weighted by atomic mass is 10.1. The molecule has 2 aromatic rings. The highest BCUT2D eigenvalue weighted by Crippen LogP contribution is 2.33. The summed E-state index contributed by atoms with van der Waals surface area (Å²) in [7, 11) is 0. The zero-order chi connectivity index (χ0) is 15.6. The van der Waals surface area contributed by atoms with Crippen LogP contribution in [0.3, 0.4) is 0 Å². The minimum atomic E-state index is -4.50. The Morgan fingerprint density at radius 1 is 1.24 bits per heavy atom. The number of pyridine rings is 1. The second kappa shape index (κ2) is 5.43. The maximum Gasteiger partial charge on any atom is 0.416 e. The lowest BCUT2D eigenvalue weighted by Crippen LogP contribution is -2.21. The van der Waals surface area contributed by atoms with Crippen LogP contribution < -0.4 is 10.7 Å². The van der Waals surface area contributed by atoms with Crippen LogP contribution in [-0.2, 0) is 6.18 Å². The number of rotatable bonds is 2. The molecule has 2 rings (SSSR count). The summed E-state index contributed by atoms with van der Waals surface area (Å²) in [5.74, 6) is -0.770. The van der Waals surface area contributed by atoms with Crippen molar-refractivity contribution in [1.29, 1.82) is 0 Å². The van der Waals surface area contributed by atoms with E-state index in [1.165, 1.54) is 31.5 Å². The largest absolute Gasteiger partial charge is 0.416 e. The van der Waals surface area contributed by atoms with Crippen molar-refractivity contribution >= 4 is 11.6 Å². The van der Waals surface area contributed by atoms with Gasteiger partial charge in [0.15, 0.2) is 5.43 Å². The first-order chi connectivity index (χ1) is 9.79. The normalized spacial score (nSPS) is 11.2. The molecule has 0 unspecified atom stereocenters. The van der Waals surface area contributed by atoms with Gasteiger partial charge in [-0.25, -0.2) is 0 Å². The van der Waals surface area contributed by atoms with Crippen molar-refractivity contribution in [3.63, 3.8) is 0 Å². The third-order valence-electron chi connectivity index (χ3n) is 2.87. The fourth-order valence-electron chi connectivity index (χ4n) is 1.80. The van der Waals surface area contributed by atoms with Crippen molar-refractivity contribution in [1.82, 2.24) is 4.98 Å². The van der Waals surface area contributed by atoms with E-state index in [0.717, 1.165) is 12.1 Å². The molecule has 0 aliphatic carbocycles. The Morgan fingerprint density at radius 2 is 1.95 bits per heavy atom. The van der Waals surface area contributed by atoms with E-state index >= 15 is 0 Å². The van der Waals surface area contributed by atoms with Gasteiger partial charge in [0, 0.05) is 24.1 Å². The van der Waals surface area contributed by atoms with Gasteiger partial charge in [-0.2, -0.15) is 13.2 Å². The van der Waals surface area contributed by atoms with Gasteiger partial charge in [-0.15, -0.1) is 0 Å². The predicted octanol–water partition coefficient (Wildman–Crippen LogP) is 2.95. The average molecular weight is 296 g/mol. The predicted molar refractivity (Wildman–Crippen MR) is 71.2 cm³/mol. The van der Waals surface area contributed by atoms with Gasteiger partial charge >= 0.3 is 6.18 Å². The Labute approximate surface area is 117 Å². The van der Waals surface area contributed by atoms with Gasteiger partial charge in [0.25, 0.3) is 5.91 Å². The molecule has 21 heavy (non-hydrogen) atoms. The molecule has 1 amide bonds. The Balaban J connectivity index is 2.31. The molecule has 0 atom stereocenters. The molecule has 0 aliphatic rings. The number of aromatic amines is 1. The molecule has 110 valence electrons. The third-order valence-corrected chi connectivity index (χ3v) is 2.87. The minimum absolute atomic E-state index is 0.0267. The monoisotopic (exact) mass is 296 g/mol. The highest BCUT2D eigenvalue weighted by molar-refractivity contribution is 6.04. The second-order valence-electron chi connectivity index (χ2n) is 4.40. The summed E-state index contributed by atoms with van der Waals surface area (Å²) >= 11 is 0. The number of alkyl halides is 3. The first kappa shape index (κ1) is 14.8. The zero-order valence-electron chi connectivity index (χ0n) is 10.9. The zero-order valence-corrected chi connectivity index (χ0v) is 10.9. The van der Waals surface area contributed by atoms with Crippen LogP contribution in [0.5, 0.6) is 0 Å². The van der Waals surface area contributed by atoms with E-state index in [1.54, 1.807) is 0 Å². The number of hydrogen-bond donors (Lipinski definition) is 2. The molecular formula is C14H11F3N2O2. The van der Waals surface area contributed by atoms with Crippen LogP contribution in [-0.4, -0.2) is 10.9 Å². The summed E-state index contributed by atoms with van der Waals surface area (Å²) in [5.41, 5.74) is -1.50. The van der Waals surface area contributed by atoms with Gasteiger partial charge in [0.2, 0.25) is 0 Å². The minimum Gasteiger partial charge on any atom is -0.367 e. The van der Waals surface area contributed by atoms with Crippen LogP contribution >= 0.6 is 0 Å². The van der Waals surface area contributed by atoms with Gasteiger partial charge in [-0.05, 0) is 24.6 Å². The number of benzene rings is 1. The van der Waals surface area contributed by atoms with Crippen LogP contribution in [0.1, 0.15) is 21.5 Å². The molecule has 0 saturated carbocycles. The van der Waals surface area contributed by atoms with Crippen molar-refractivity contribution in [3.05, 3.63) is 63.6 Å². The Kier molecular flexibility index (Phi) is 3.84.